The first-order valence-corrected chi connectivity index (χ1v) is 5.97. The standard InChI is InChI=1S/C11H16ClN3O/c1-8-10(12)14-7-15-11(8)13-6-9-4-2-3-5-16-9/h7,9H,2-6H2,1H3,(H,13,14,15). The second kappa shape index (κ2) is 5.46. The van der Waals surface area contributed by atoms with Crippen molar-refractivity contribution >= 4 is 17.4 Å². The van der Waals surface area contributed by atoms with Crippen LogP contribution in [0, 0.1) is 6.92 Å². The van der Waals surface area contributed by atoms with Gasteiger partial charge < -0.3 is 10.1 Å². The Morgan fingerprint density at radius 1 is 1.50 bits per heavy atom. The van der Waals surface area contributed by atoms with E-state index in [9.17, 15) is 0 Å². The van der Waals surface area contributed by atoms with E-state index < -0.39 is 0 Å². The van der Waals surface area contributed by atoms with Crippen LogP contribution < -0.4 is 5.32 Å². The van der Waals surface area contributed by atoms with Gasteiger partial charge in [0.2, 0.25) is 0 Å². The second-order valence-corrected chi connectivity index (χ2v) is 4.37. The molecule has 1 unspecified atom stereocenters. The molecular formula is C11H16ClN3O. The topological polar surface area (TPSA) is 47.0 Å². The summed E-state index contributed by atoms with van der Waals surface area (Å²) in [5, 5.41) is 3.76. The molecule has 0 saturated carbocycles. The lowest BCUT2D eigenvalue weighted by atomic mass is 10.1. The zero-order chi connectivity index (χ0) is 11.4. The average molecular weight is 242 g/mol. The van der Waals surface area contributed by atoms with Gasteiger partial charge in [0.15, 0.2) is 0 Å². The molecule has 1 N–H and O–H groups in total. The maximum absolute atomic E-state index is 5.91. The lowest BCUT2D eigenvalue weighted by Gasteiger charge is -2.23. The van der Waals surface area contributed by atoms with Crippen molar-refractivity contribution in [3.8, 4) is 0 Å². The SMILES string of the molecule is Cc1c(Cl)ncnc1NCC1CCCCO1. The summed E-state index contributed by atoms with van der Waals surface area (Å²) in [4.78, 5) is 8.08. The van der Waals surface area contributed by atoms with Crippen molar-refractivity contribution in [1.29, 1.82) is 0 Å². The molecule has 0 bridgehead atoms. The zero-order valence-electron chi connectivity index (χ0n) is 9.37. The van der Waals surface area contributed by atoms with Crippen molar-refractivity contribution < 1.29 is 4.74 Å². The van der Waals surface area contributed by atoms with Crippen LogP contribution in [-0.2, 0) is 4.74 Å². The first kappa shape index (κ1) is 11.6. The molecule has 0 spiro atoms. The molecule has 1 aromatic heterocycles. The van der Waals surface area contributed by atoms with Crippen LogP contribution in [0.3, 0.4) is 0 Å². The van der Waals surface area contributed by atoms with Crippen molar-refractivity contribution in [3.05, 3.63) is 17.0 Å². The minimum Gasteiger partial charge on any atom is -0.376 e. The molecule has 1 atom stereocenters. The number of rotatable bonds is 3. The van der Waals surface area contributed by atoms with Crippen LogP contribution in [0.25, 0.3) is 0 Å². The molecule has 0 radical (unpaired) electrons. The van der Waals surface area contributed by atoms with Gasteiger partial charge in [0.1, 0.15) is 17.3 Å². The molecule has 2 heterocycles. The fourth-order valence-corrected chi connectivity index (χ4v) is 1.92. The van der Waals surface area contributed by atoms with E-state index in [-0.39, 0.29) is 0 Å². The number of anilines is 1. The fourth-order valence-electron chi connectivity index (χ4n) is 1.79. The fraction of sp³-hybridized carbons (Fsp3) is 0.636. The van der Waals surface area contributed by atoms with E-state index >= 15 is 0 Å². The van der Waals surface area contributed by atoms with E-state index in [1.54, 1.807) is 0 Å². The molecule has 0 aliphatic carbocycles. The summed E-state index contributed by atoms with van der Waals surface area (Å²) in [6.45, 7) is 3.57. The van der Waals surface area contributed by atoms with Gasteiger partial charge in [-0.05, 0) is 26.2 Å². The van der Waals surface area contributed by atoms with Gasteiger partial charge in [0.05, 0.1) is 6.10 Å². The van der Waals surface area contributed by atoms with Gasteiger partial charge >= 0.3 is 0 Å². The van der Waals surface area contributed by atoms with Gasteiger partial charge in [-0.1, -0.05) is 11.6 Å². The molecule has 1 fully saturated rings. The molecule has 5 heteroatoms. The van der Waals surface area contributed by atoms with E-state index in [0.29, 0.717) is 11.3 Å². The van der Waals surface area contributed by atoms with Crippen LogP contribution in [0.2, 0.25) is 5.15 Å². The Morgan fingerprint density at radius 2 is 2.38 bits per heavy atom. The van der Waals surface area contributed by atoms with E-state index in [0.717, 1.165) is 31.0 Å². The summed E-state index contributed by atoms with van der Waals surface area (Å²) in [6.07, 6.45) is 5.30. The molecule has 0 amide bonds. The van der Waals surface area contributed by atoms with E-state index in [4.69, 9.17) is 16.3 Å². The van der Waals surface area contributed by atoms with E-state index in [2.05, 4.69) is 15.3 Å². The number of hydrogen-bond donors (Lipinski definition) is 1. The van der Waals surface area contributed by atoms with Crippen LogP contribution >= 0.6 is 11.6 Å². The summed E-state index contributed by atoms with van der Waals surface area (Å²) in [5.41, 5.74) is 0.889. The van der Waals surface area contributed by atoms with Gasteiger partial charge in [-0.3, -0.25) is 0 Å². The van der Waals surface area contributed by atoms with Gasteiger partial charge in [-0.15, -0.1) is 0 Å². The highest BCUT2D eigenvalue weighted by molar-refractivity contribution is 6.30. The summed E-state index contributed by atoms with van der Waals surface area (Å²) >= 11 is 5.91. The molecule has 1 aliphatic heterocycles. The molecule has 1 saturated heterocycles. The van der Waals surface area contributed by atoms with Crippen molar-refractivity contribution in [2.75, 3.05) is 18.5 Å². The zero-order valence-corrected chi connectivity index (χ0v) is 10.1. The maximum Gasteiger partial charge on any atom is 0.137 e. The average Bonchev–Trinajstić information content (AvgIpc) is 2.32. The molecule has 1 aliphatic rings. The summed E-state index contributed by atoms with van der Waals surface area (Å²) in [7, 11) is 0. The van der Waals surface area contributed by atoms with Gasteiger partial charge in [0, 0.05) is 18.7 Å². The van der Waals surface area contributed by atoms with Gasteiger partial charge in [-0.25, -0.2) is 9.97 Å². The third-order valence-electron chi connectivity index (χ3n) is 2.79. The number of nitrogens with zero attached hydrogens (tertiary/aromatic N) is 2. The maximum atomic E-state index is 5.91. The molecule has 2 rings (SSSR count). The molecule has 0 aromatic carbocycles. The largest absolute Gasteiger partial charge is 0.376 e. The lowest BCUT2D eigenvalue weighted by Crippen LogP contribution is -2.27. The summed E-state index contributed by atoms with van der Waals surface area (Å²) in [6, 6.07) is 0. The molecule has 4 nitrogen and oxygen atoms in total. The smallest absolute Gasteiger partial charge is 0.137 e. The molecule has 1 aromatic rings. The Morgan fingerprint density at radius 3 is 3.12 bits per heavy atom. The third-order valence-corrected chi connectivity index (χ3v) is 3.17. The van der Waals surface area contributed by atoms with E-state index in [1.807, 2.05) is 6.92 Å². The van der Waals surface area contributed by atoms with Crippen LogP contribution in [0.5, 0.6) is 0 Å². The first-order valence-electron chi connectivity index (χ1n) is 5.60. The Bertz CT molecular complexity index is 353. The number of halogens is 1. The van der Waals surface area contributed by atoms with Crippen molar-refractivity contribution in [3.63, 3.8) is 0 Å². The predicted octanol–water partition coefficient (Wildman–Crippen LogP) is 2.42. The van der Waals surface area contributed by atoms with Crippen molar-refractivity contribution in [2.45, 2.75) is 32.3 Å². The van der Waals surface area contributed by atoms with Crippen LogP contribution in [-0.4, -0.2) is 29.2 Å². The molecule has 16 heavy (non-hydrogen) atoms. The first-order chi connectivity index (χ1) is 7.77. The quantitative estimate of drug-likeness (QED) is 0.826. The van der Waals surface area contributed by atoms with Crippen LogP contribution in [0.1, 0.15) is 24.8 Å². The minimum atomic E-state index is 0.293. The lowest BCUT2D eigenvalue weighted by molar-refractivity contribution is 0.0247. The Balaban J connectivity index is 1.91. The Kier molecular flexibility index (Phi) is 3.96. The minimum absolute atomic E-state index is 0.293. The Hall–Kier alpha value is -0.870. The molecule has 88 valence electrons. The summed E-state index contributed by atoms with van der Waals surface area (Å²) < 4.78 is 5.63. The highest BCUT2D eigenvalue weighted by atomic mass is 35.5. The highest BCUT2D eigenvalue weighted by Gasteiger charge is 2.14. The van der Waals surface area contributed by atoms with Crippen molar-refractivity contribution in [2.24, 2.45) is 0 Å². The normalized spacial score (nSPS) is 20.8. The van der Waals surface area contributed by atoms with Crippen LogP contribution in [0.15, 0.2) is 6.33 Å². The Labute approximate surface area is 100 Å². The number of ether oxygens (including phenoxy) is 1. The number of hydrogen-bond acceptors (Lipinski definition) is 4. The second-order valence-electron chi connectivity index (χ2n) is 4.01. The predicted molar refractivity (Wildman–Crippen MR) is 63.9 cm³/mol. The van der Waals surface area contributed by atoms with Crippen molar-refractivity contribution in [1.82, 2.24) is 9.97 Å². The third kappa shape index (κ3) is 2.83. The van der Waals surface area contributed by atoms with Gasteiger partial charge in [0.25, 0.3) is 0 Å². The monoisotopic (exact) mass is 241 g/mol. The molecular weight excluding hydrogens is 226 g/mol. The highest BCUT2D eigenvalue weighted by Crippen LogP contribution is 2.19. The van der Waals surface area contributed by atoms with Crippen LogP contribution in [0.4, 0.5) is 5.82 Å². The van der Waals surface area contributed by atoms with Gasteiger partial charge in [-0.2, -0.15) is 0 Å². The number of nitrogens with one attached hydrogen (secondary N) is 1. The van der Waals surface area contributed by atoms with E-state index in [1.165, 1.54) is 19.2 Å². The number of aromatic nitrogens is 2. The summed E-state index contributed by atoms with van der Waals surface area (Å²) in [5.74, 6) is 0.800.